The molecule has 0 bridgehead atoms. The number of allylic oxidation sites excluding steroid dienone is 1. The predicted octanol–water partition coefficient (Wildman–Crippen LogP) is 3.00. The van der Waals surface area contributed by atoms with Gasteiger partial charge in [0, 0.05) is 18.3 Å². The first-order chi connectivity index (χ1) is 12.2. The molecule has 5 nitrogen and oxygen atoms in total. The van der Waals surface area contributed by atoms with Crippen LogP contribution in [0.1, 0.15) is 55.3 Å². The number of benzene rings is 1. The smallest absolute Gasteiger partial charge is 0.253 e. The van der Waals surface area contributed by atoms with Crippen molar-refractivity contribution in [1.29, 1.82) is 0 Å². The van der Waals surface area contributed by atoms with Crippen molar-refractivity contribution in [3.8, 4) is 0 Å². The van der Waals surface area contributed by atoms with Crippen LogP contribution in [-0.4, -0.2) is 30.9 Å². The van der Waals surface area contributed by atoms with Gasteiger partial charge in [-0.25, -0.2) is 0 Å². The Bertz CT molecular complexity index is 650. The molecule has 0 atom stereocenters. The highest BCUT2D eigenvalue weighted by Crippen LogP contribution is 2.21. The van der Waals surface area contributed by atoms with Gasteiger partial charge in [-0.05, 0) is 57.1 Å². The number of nitrogens with one attached hydrogen (secondary N) is 3. The van der Waals surface area contributed by atoms with Crippen LogP contribution in [0.3, 0.4) is 0 Å². The zero-order chi connectivity index (χ0) is 17.5. The summed E-state index contributed by atoms with van der Waals surface area (Å²) < 4.78 is 0. The fourth-order valence-electron chi connectivity index (χ4n) is 3.06. The highest BCUT2D eigenvalue weighted by atomic mass is 16.2. The second-order valence-corrected chi connectivity index (χ2v) is 6.85. The monoisotopic (exact) mass is 341 g/mol. The Morgan fingerprint density at radius 3 is 2.72 bits per heavy atom. The molecule has 0 heterocycles. The lowest BCUT2D eigenvalue weighted by molar-refractivity contribution is -0.119. The van der Waals surface area contributed by atoms with Crippen molar-refractivity contribution in [1.82, 2.24) is 10.6 Å². The standard InChI is InChI=1S/C20H27N3O2/c24-19(21-13-12-15-6-2-1-3-7-15)14-22-18-9-5-4-8-17(18)20(25)23-16-10-11-16/h4-6,8-9,16,22H,1-3,7,10-14H2,(H,21,24)(H,23,25). The molecular weight excluding hydrogens is 314 g/mol. The molecule has 1 fully saturated rings. The van der Waals surface area contributed by atoms with Crippen molar-refractivity contribution < 1.29 is 9.59 Å². The molecule has 0 unspecified atom stereocenters. The van der Waals surface area contributed by atoms with Crippen LogP contribution in [0.15, 0.2) is 35.9 Å². The van der Waals surface area contributed by atoms with Crippen LogP contribution in [0, 0.1) is 0 Å². The highest BCUT2D eigenvalue weighted by Gasteiger charge is 2.24. The van der Waals surface area contributed by atoms with Crippen LogP contribution in [0.2, 0.25) is 0 Å². The summed E-state index contributed by atoms with van der Waals surface area (Å²) in [5.74, 6) is -0.121. The molecule has 2 aliphatic rings. The number of anilines is 1. The third-order valence-electron chi connectivity index (χ3n) is 4.68. The number of para-hydroxylation sites is 1. The summed E-state index contributed by atoms with van der Waals surface area (Å²) in [6.45, 7) is 0.850. The fourth-order valence-corrected chi connectivity index (χ4v) is 3.06. The maximum Gasteiger partial charge on any atom is 0.253 e. The first-order valence-corrected chi connectivity index (χ1v) is 9.31. The zero-order valence-electron chi connectivity index (χ0n) is 14.6. The average Bonchev–Trinajstić information content (AvgIpc) is 3.45. The van der Waals surface area contributed by atoms with Crippen molar-refractivity contribution in [2.45, 2.75) is 51.0 Å². The maximum atomic E-state index is 12.2. The van der Waals surface area contributed by atoms with E-state index in [4.69, 9.17) is 0 Å². The van der Waals surface area contributed by atoms with Crippen LogP contribution in [0.5, 0.6) is 0 Å². The van der Waals surface area contributed by atoms with Crippen molar-refractivity contribution in [2.75, 3.05) is 18.4 Å². The molecule has 0 aromatic heterocycles. The van der Waals surface area contributed by atoms with Gasteiger partial charge in [-0.15, -0.1) is 0 Å². The van der Waals surface area contributed by atoms with Crippen LogP contribution in [-0.2, 0) is 4.79 Å². The summed E-state index contributed by atoms with van der Waals surface area (Å²) in [5.41, 5.74) is 2.75. The molecule has 3 rings (SSSR count). The van der Waals surface area contributed by atoms with E-state index in [2.05, 4.69) is 22.0 Å². The van der Waals surface area contributed by atoms with Gasteiger partial charge >= 0.3 is 0 Å². The van der Waals surface area contributed by atoms with Gasteiger partial charge in [0.15, 0.2) is 0 Å². The summed E-state index contributed by atoms with van der Waals surface area (Å²) in [6, 6.07) is 7.64. The molecule has 0 radical (unpaired) electrons. The zero-order valence-corrected chi connectivity index (χ0v) is 14.6. The van der Waals surface area contributed by atoms with Gasteiger partial charge in [-0.2, -0.15) is 0 Å². The summed E-state index contributed by atoms with van der Waals surface area (Å²) in [4.78, 5) is 24.3. The molecule has 25 heavy (non-hydrogen) atoms. The largest absolute Gasteiger partial charge is 0.376 e. The maximum absolute atomic E-state index is 12.2. The number of carbonyl (C=O) groups excluding carboxylic acids is 2. The second-order valence-electron chi connectivity index (χ2n) is 6.85. The molecule has 1 aromatic carbocycles. The van der Waals surface area contributed by atoms with Crippen molar-refractivity contribution in [3.05, 3.63) is 41.5 Å². The third-order valence-corrected chi connectivity index (χ3v) is 4.68. The quantitative estimate of drug-likeness (QED) is 0.637. The van der Waals surface area contributed by atoms with Gasteiger partial charge < -0.3 is 16.0 Å². The number of rotatable bonds is 8. The van der Waals surface area contributed by atoms with E-state index in [9.17, 15) is 9.59 Å². The molecule has 5 heteroatoms. The summed E-state index contributed by atoms with van der Waals surface area (Å²) >= 11 is 0. The lowest BCUT2D eigenvalue weighted by Gasteiger charge is -2.14. The minimum absolute atomic E-state index is 0.0474. The molecule has 2 aliphatic carbocycles. The van der Waals surface area contributed by atoms with Crippen LogP contribution in [0.25, 0.3) is 0 Å². The Kier molecular flexibility index (Phi) is 6.09. The average molecular weight is 341 g/mol. The van der Waals surface area contributed by atoms with E-state index in [0.717, 1.165) is 25.7 Å². The second kappa shape index (κ2) is 8.70. The summed E-state index contributed by atoms with van der Waals surface area (Å²) in [5, 5.41) is 9.02. The van der Waals surface area contributed by atoms with Crippen molar-refractivity contribution >= 4 is 17.5 Å². The van der Waals surface area contributed by atoms with E-state index in [1.54, 1.807) is 6.07 Å². The Balaban J connectivity index is 1.43. The SMILES string of the molecule is O=C(CNc1ccccc1C(=O)NC1CC1)NCCC1=CCCCC1. The van der Waals surface area contributed by atoms with Gasteiger partial charge in [0.1, 0.15) is 0 Å². The molecule has 1 saturated carbocycles. The molecule has 0 aliphatic heterocycles. The van der Waals surface area contributed by atoms with E-state index in [-0.39, 0.29) is 18.4 Å². The van der Waals surface area contributed by atoms with E-state index < -0.39 is 0 Å². The first-order valence-electron chi connectivity index (χ1n) is 9.31. The van der Waals surface area contributed by atoms with Crippen LogP contribution >= 0.6 is 0 Å². The number of hydrogen-bond acceptors (Lipinski definition) is 3. The Morgan fingerprint density at radius 2 is 1.96 bits per heavy atom. The number of amides is 2. The molecule has 0 spiro atoms. The van der Waals surface area contributed by atoms with Crippen molar-refractivity contribution in [3.63, 3.8) is 0 Å². The van der Waals surface area contributed by atoms with Crippen LogP contribution < -0.4 is 16.0 Å². The first kappa shape index (κ1) is 17.5. The minimum Gasteiger partial charge on any atom is -0.376 e. The van der Waals surface area contributed by atoms with Gasteiger partial charge in [0.2, 0.25) is 5.91 Å². The number of carbonyl (C=O) groups is 2. The molecule has 2 amide bonds. The lowest BCUT2D eigenvalue weighted by Crippen LogP contribution is -2.32. The molecule has 1 aromatic rings. The Morgan fingerprint density at radius 1 is 1.12 bits per heavy atom. The van der Waals surface area contributed by atoms with E-state index in [1.165, 1.54) is 24.8 Å². The normalized spacial score (nSPS) is 16.7. The van der Waals surface area contributed by atoms with Gasteiger partial charge in [-0.3, -0.25) is 9.59 Å². The number of hydrogen-bond donors (Lipinski definition) is 3. The van der Waals surface area contributed by atoms with E-state index in [1.807, 2.05) is 18.2 Å². The van der Waals surface area contributed by atoms with E-state index in [0.29, 0.717) is 23.8 Å². The van der Waals surface area contributed by atoms with Gasteiger partial charge in [-0.1, -0.05) is 23.8 Å². The Labute approximate surface area is 149 Å². The molecule has 3 N–H and O–H groups in total. The topological polar surface area (TPSA) is 70.2 Å². The van der Waals surface area contributed by atoms with Gasteiger partial charge in [0.05, 0.1) is 12.1 Å². The highest BCUT2D eigenvalue weighted by molar-refractivity contribution is 6.00. The Hall–Kier alpha value is -2.30. The summed E-state index contributed by atoms with van der Waals surface area (Å²) in [6.07, 6.45) is 10.2. The summed E-state index contributed by atoms with van der Waals surface area (Å²) in [7, 11) is 0. The third kappa shape index (κ3) is 5.62. The van der Waals surface area contributed by atoms with Crippen LogP contribution in [0.4, 0.5) is 5.69 Å². The lowest BCUT2D eigenvalue weighted by atomic mass is 9.97. The molecular formula is C20H27N3O2. The fraction of sp³-hybridized carbons (Fsp3) is 0.500. The van der Waals surface area contributed by atoms with Crippen molar-refractivity contribution in [2.24, 2.45) is 0 Å². The minimum atomic E-state index is -0.0738. The predicted molar refractivity (Wildman–Crippen MR) is 99.6 cm³/mol. The van der Waals surface area contributed by atoms with Gasteiger partial charge in [0.25, 0.3) is 5.91 Å². The molecule has 134 valence electrons. The van der Waals surface area contributed by atoms with E-state index >= 15 is 0 Å². The molecule has 0 saturated heterocycles.